The Kier molecular flexibility index (Phi) is 3.03. The minimum Gasteiger partial charge on any atom is -0.429 e. The summed E-state index contributed by atoms with van der Waals surface area (Å²) in [6.07, 6.45) is 0.731. The summed E-state index contributed by atoms with van der Waals surface area (Å²) in [5, 5.41) is 8.70. The van der Waals surface area contributed by atoms with Gasteiger partial charge in [-0.1, -0.05) is 24.8 Å². The number of carbonyl (C=O) groups is 1. The van der Waals surface area contributed by atoms with Crippen LogP contribution in [0, 0.1) is 0 Å². The number of epoxide rings is 1. The van der Waals surface area contributed by atoms with Gasteiger partial charge in [0.15, 0.2) is 0 Å². The van der Waals surface area contributed by atoms with E-state index in [0.717, 1.165) is 5.56 Å². The van der Waals surface area contributed by atoms with Crippen molar-refractivity contribution in [2.24, 2.45) is 0 Å². The van der Waals surface area contributed by atoms with Crippen LogP contribution >= 0.6 is 0 Å². The molecule has 0 bridgehead atoms. The van der Waals surface area contributed by atoms with Gasteiger partial charge < -0.3 is 14.6 Å². The highest BCUT2D eigenvalue weighted by Crippen LogP contribution is 2.23. The summed E-state index contributed by atoms with van der Waals surface area (Å²) in [5.74, 6) is -0.448. The van der Waals surface area contributed by atoms with Crippen LogP contribution < -0.4 is 0 Å². The third-order valence-corrected chi connectivity index (χ3v) is 2.32. The number of hydrogen-bond donors (Lipinski definition) is 1. The average Bonchev–Trinajstić information content (AvgIpc) is 3.07. The molecule has 0 spiro atoms. The minimum atomic E-state index is -0.600. The topological polar surface area (TPSA) is 59.1 Å². The number of benzene rings is 1. The summed E-state index contributed by atoms with van der Waals surface area (Å²) >= 11 is 0. The van der Waals surface area contributed by atoms with Gasteiger partial charge in [0.2, 0.25) is 6.29 Å². The Morgan fingerprint density at radius 1 is 1.50 bits per heavy atom. The van der Waals surface area contributed by atoms with Crippen molar-refractivity contribution in [3.05, 3.63) is 42.0 Å². The molecule has 0 aromatic heterocycles. The Balaban J connectivity index is 1.96. The molecular formula is C12H12O4. The van der Waals surface area contributed by atoms with Gasteiger partial charge in [0, 0.05) is 0 Å². The van der Waals surface area contributed by atoms with Crippen LogP contribution in [0.15, 0.2) is 30.8 Å². The van der Waals surface area contributed by atoms with Gasteiger partial charge in [0.25, 0.3) is 0 Å². The Hall–Kier alpha value is -1.65. The minimum absolute atomic E-state index is 0.132. The average molecular weight is 220 g/mol. The second kappa shape index (κ2) is 4.47. The van der Waals surface area contributed by atoms with Gasteiger partial charge in [0.05, 0.1) is 12.2 Å². The number of aliphatic hydroxyl groups excluding tert-OH is 1. The molecule has 1 fully saturated rings. The molecule has 84 valence electrons. The van der Waals surface area contributed by atoms with Crippen molar-refractivity contribution in [1.29, 1.82) is 0 Å². The Labute approximate surface area is 93.1 Å². The van der Waals surface area contributed by atoms with Gasteiger partial charge in [-0.15, -0.1) is 0 Å². The zero-order valence-electron chi connectivity index (χ0n) is 8.63. The molecule has 16 heavy (non-hydrogen) atoms. The lowest BCUT2D eigenvalue weighted by Crippen LogP contribution is -2.11. The summed E-state index contributed by atoms with van der Waals surface area (Å²) < 4.78 is 9.87. The van der Waals surface area contributed by atoms with E-state index in [-0.39, 0.29) is 12.7 Å². The first-order valence-electron chi connectivity index (χ1n) is 4.94. The lowest BCUT2D eigenvalue weighted by atomic mass is 10.1. The molecule has 0 saturated carbocycles. The van der Waals surface area contributed by atoms with Crippen molar-refractivity contribution in [1.82, 2.24) is 0 Å². The molecule has 2 unspecified atom stereocenters. The van der Waals surface area contributed by atoms with Crippen molar-refractivity contribution in [3.63, 3.8) is 0 Å². The maximum Gasteiger partial charge on any atom is 0.340 e. The summed E-state index contributed by atoms with van der Waals surface area (Å²) in [5.41, 5.74) is 1.39. The largest absolute Gasteiger partial charge is 0.429 e. The normalized spacial score (nSPS) is 22.6. The molecule has 2 rings (SSSR count). The van der Waals surface area contributed by atoms with Crippen LogP contribution in [0.4, 0.5) is 0 Å². The number of carbonyl (C=O) groups excluding carboxylic acids is 1. The molecule has 2 atom stereocenters. The first-order chi connectivity index (χ1) is 7.74. The molecule has 4 nitrogen and oxygen atoms in total. The zero-order chi connectivity index (χ0) is 11.5. The number of esters is 1. The van der Waals surface area contributed by atoms with Crippen LogP contribution in [0.1, 0.15) is 15.9 Å². The van der Waals surface area contributed by atoms with Crippen LogP contribution in [-0.2, 0) is 9.47 Å². The molecule has 0 aliphatic carbocycles. The van der Waals surface area contributed by atoms with E-state index in [1.54, 1.807) is 30.3 Å². The lowest BCUT2D eigenvalue weighted by Gasteiger charge is -2.01. The SMILES string of the molecule is C=Cc1ccc(C(=O)OC2OC2CO)cc1. The second-order valence-electron chi connectivity index (χ2n) is 3.46. The van der Waals surface area contributed by atoms with E-state index in [1.807, 2.05) is 0 Å². The van der Waals surface area contributed by atoms with Crippen LogP contribution in [-0.4, -0.2) is 30.1 Å². The molecule has 4 heteroatoms. The predicted octanol–water partition coefficient (Wildman–Crippen LogP) is 1.20. The first kappa shape index (κ1) is 10.9. The van der Waals surface area contributed by atoms with Crippen LogP contribution in [0.5, 0.6) is 0 Å². The lowest BCUT2D eigenvalue weighted by molar-refractivity contribution is 0.0297. The molecule has 1 saturated heterocycles. The van der Waals surface area contributed by atoms with Crippen LogP contribution in [0.2, 0.25) is 0 Å². The van der Waals surface area contributed by atoms with Gasteiger partial charge in [0.1, 0.15) is 6.10 Å². The van der Waals surface area contributed by atoms with Crippen molar-refractivity contribution < 1.29 is 19.4 Å². The van der Waals surface area contributed by atoms with Crippen molar-refractivity contribution in [2.45, 2.75) is 12.4 Å². The van der Waals surface area contributed by atoms with Gasteiger partial charge >= 0.3 is 5.97 Å². The Bertz CT molecular complexity index is 396. The smallest absolute Gasteiger partial charge is 0.340 e. The molecule has 0 amide bonds. The fraction of sp³-hybridized carbons (Fsp3) is 0.250. The molecular weight excluding hydrogens is 208 g/mol. The molecule has 1 heterocycles. The van der Waals surface area contributed by atoms with E-state index in [9.17, 15) is 4.79 Å². The molecule has 1 N–H and O–H groups in total. The fourth-order valence-corrected chi connectivity index (χ4v) is 1.29. The number of rotatable bonds is 4. The number of aliphatic hydroxyl groups is 1. The van der Waals surface area contributed by atoms with Gasteiger partial charge in [-0.05, 0) is 17.7 Å². The van der Waals surface area contributed by atoms with Crippen molar-refractivity contribution in [3.8, 4) is 0 Å². The third-order valence-electron chi connectivity index (χ3n) is 2.32. The maximum absolute atomic E-state index is 11.5. The van der Waals surface area contributed by atoms with E-state index in [1.165, 1.54) is 0 Å². The summed E-state index contributed by atoms with van der Waals surface area (Å²) in [4.78, 5) is 11.5. The van der Waals surface area contributed by atoms with Crippen LogP contribution in [0.25, 0.3) is 6.08 Å². The summed E-state index contributed by atoms with van der Waals surface area (Å²) in [7, 11) is 0. The summed E-state index contributed by atoms with van der Waals surface area (Å²) in [6, 6.07) is 6.88. The van der Waals surface area contributed by atoms with E-state index in [2.05, 4.69) is 6.58 Å². The van der Waals surface area contributed by atoms with Crippen molar-refractivity contribution in [2.75, 3.05) is 6.61 Å². The molecule has 1 aromatic carbocycles. The van der Waals surface area contributed by atoms with E-state index >= 15 is 0 Å². The fourth-order valence-electron chi connectivity index (χ4n) is 1.29. The predicted molar refractivity (Wildman–Crippen MR) is 57.7 cm³/mol. The van der Waals surface area contributed by atoms with E-state index in [0.29, 0.717) is 5.56 Å². The Morgan fingerprint density at radius 3 is 2.69 bits per heavy atom. The van der Waals surface area contributed by atoms with Gasteiger partial charge in [-0.3, -0.25) is 0 Å². The van der Waals surface area contributed by atoms with Gasteiger partial charge in [-0.25, -0.2) is 4.79 Å². The number of ether oxygens (including phenoxy) is 2. The standard InChI is InChI=1S/C12H12O4/c1-2-8-3-5-9(6-4-8)11(14)16-12-10(7-13)15-12/h2-6,10,12-13H,1,7H2. The molecule has 1 aliphatic rings. The first-order valence-corrected chi connectivity index (χ1v) is 4.94. The highest BCUT2D eigenvalue weighted by molar-refractivity contribution is 5.89. The van der Waals surface area contributed by atoms with Gasteiger partial charge in [-0.2, -0.15) is 0 Å². The monoisotopic (exact) mass is 220 g/mol. The zero-order valence-corrected chi connectivity index (χ0v) is 8.63. The quantitative estimate of drug-likeness (QED) is 0.612. The third kappa shape index (κ3) is 2.29. The molecule has 0 radical (unpaired) electrons. The molecule has 1 aromatic rings. The summed E-state index contributed by atoms with van der Waals surface area (Å²) in [6.45, 7) is 3.49. The van der Waals surface area contributed by atoms with Crippen molar-refractivity contribution >= 4 is 12.0 Å². The highest BCUT2D eigenvalue weighted by atomic mass is 16.8. The second-order valence-corrected chi connectivity index (χ2v) is 3.46. The van der Waals surface area contributed by atoms with Crippen LogP contribution in [0.3, 0.4) is 0 Å². The number of hydrogen-bond acceptors (Lipinski definition) is 4. The Morgan fingerprint density at radius 2 is 2.19 bits per heavy atom. The van der Waals surface area contributed by atoms with E-state index in [4.69, 9.17) is 14.6 Å². The van der Waals surface area contributed by atoms with E-state index < -0.39 is 12.3 Å². The molecule has 1 aliphatic heterocycles. The maximum atomic E-state index is 11.5. The highest BCUT2D eigenvalue weighted by Gasteiger charge is 2.42.